The molecule has 0 aromatic carbocycles. The summed E-state index contributed by atoms with van der Waals surface area (Å²) in [6.45, 7) is 7.28. The fraction of sp³-hybridized carbons (Fsp3) is 1.00. The van der Waals surface area contributed by atoms with Crippen molar-refractivity contribution in [3.05, 3.63) is 0 Å². The average molecular weight is 201 g/mol. The molecule has 1 saturated heterocycles. The second-order valence-electron chi connectivity index (χ2n) is 4.47. The van der Waals surface area contributed by atoms with E-state index in [1.54, 1.807) is 0 Å². The molecular formula is C11H23NO2. The molecule has 0 spiro atoms. The molecule has 2 unspecified atom stereocenters. The topological polar surface area (TPSA) is 41.5 Å². The van der Waals surface area contributed by atoms with E-state index in [1.807, 2.05) is 0 Å². The zero-order chi connectivity index (χ0) is 10.4. The summed E-state index contributed by atoms with van der Waals surface area (Å²) in [6, 6.07) is 0.561. The molecule has 2 N–H and O–H groups in total. The molecule has 1 aliphatic rings. The molecular weight excluding hydrogens is 178 g/mol. The second-order valence-corrected chi connectivity index (χ2v) is 4.47. The maximum absolute atomic E-state index is 9.03. The lowest BCUT2D eigenvalue weighted by Crippen LogP contribution is -2.39. The van der Waals surface area contributed by atoms with Crippen LogP contribution in [0.1, 0.15) is 33.1 Å². The zero-order valence-electron chi connectivity index (χ0n) is 9.38. The van der Waals surface area contributed by atoms with Gasteiger partial charge >= 0.3 is 0 Å². The number of ether oxygens (including phenoxy) is 1. The van der Waals surface area contributed by atoms with Gasteiger partial charge in [-0.1, -0.05) is 6.92 Å². The van der Waals surface area contributed by atoms with Crippen molar-refractivity contribution in [2.45, 2.75) is 39.2 Å². The molecule has 0 saturated carbocycles. The van der Waals surface area contributed by atoms with Crippen LogP contribution in [0.2, 0.25) is 0 Å². The van der Waals surface area contributed by atoms with E-state index in [0.717, 1.165) is 39.0 Å². The van der Waals surface area contributed by atoms with Gasteiger partial charge in [-0.2, -0.15) is 0 Å². The van der Waals surface area contributed by atoms with Gasteiger partial charge in [-0.05, 0) is 26.2 Å². The molecule has 1 rings (SSSR count). The maximum Gasteiger partial charge on any atom is 0.0536 e. The van der Waals surface area contributed by atoms with Crippen LogP contribution < -0.4 is 5.32 Å². The molecule has 84 valence electrons. The first-order chi connectivity index (χ1) is 6.72. The van der Waals surface area contributed by atoms with Gasteiger partial charge in [0.1, 0.15) is 0 Å². The predicted octanol–water partition coefficient (Wildman–Crippen LogP) is 1.16. The Morgan fingerprint density at radius 3 is 2.86 bits per heavy atom. The van der Waals surface area contributed by atoms with Crippen LogP contribution in [0.25, 0.3) is 0 Å². The Kier molecular flexibility index (Phi) is 4.85. The van der Waals surface area contributed by atoms with Crippen LogP contribution in [0.3, 0.4) is 0 Å². The summed E-state index contributed by atoms with van der Waals surface area (Å²) in [5.41, 5.74) is 0.193. The SMILES string of the molecule is CCC(C)NCC1(CCO)CCOC1. The highest BCUT2D eigenvalue weighted by Gasteiger charge is 2.34. The number of aliphatic hydroxyl groups excluding tert-OH is 1. The quantitative estimate of drug-likeness (QED) is 0.677. The highest BCUT2D eigenvalue weighted by atomic mass is 16.5. The third kappa shape index (κ3) is 3.23. The highest BCUT2D eigenvalue weighted by molar-refractivity contribution is 4.85. The maximum atomic E-state index is 9.03. The van der Waals surface area contributed by atoms with Crippen molar-refractivity contribution < 1.29 is 9.84 Å². The van der Waals surface area contributed by atoms with E-state index < -0.39 is 0 Å². The lowest BCUT2D eigenvalue weighted by Gasteiger charge is -2.28. The van der Waals surface area contributed by atoms with Crippen molar-refractivity contribution in [2.75, 3.05) is 26.4 Å². The van der Waals surface area contributed by atoms with Gasteiger partial charge in [-0.15, -0.1) is 0 Å². The summed E-state index contributed by atoms with van der Waals surface area (Å²) < 4.78 is 5.43. The normalized spacial score (nSPS) is 29.4. The summed E-state index contributed by atoms with van der Waals surface area (Å²) in [7, 11) is 0. The van der Waals surface area contributed by atoms with Crippen molar-refractivity contribution in [1.82, 2.24) is 5.32 Å². The molecule has 0 amide bonds. The standard InChI is InChI=1S/C11H23NO2/c1-3-10(2)12-8-11(4-6-13)5-7-14-9-11/h10,12-13H,3-9H2,1-2H3. The number of hydrogen-bond acceptors (Lipinski definition) is 3. The third-order valence-corrected chi connectivity index (χ3v) is 3.27. The van der Waals surface area contributed by atoms with Crippen LogP contribution in [0.4, 0.5) is 0 Å². The van der Waals surface area contributed by atoms with Gasteiger partial charge in [-0.3, -0.25) is 0 Å². The summed E-state index contributed by atoms with van der Waals surface area (Å²) in [4.78, 5) is 0. The van der Waals surface area contributed by atoms with Gasteiger partial charge in [-0.25, -0.2) is 0 Å². The summed E-state index contributed by atoms with van der Waals surface area (Å²) in [6.07, 6.45) is 3.09. The van der Waals surface area contributed by atoms with Crippen molar-refractivity contribution >= 4 is 0 Å². The molecule has 1 fully saturated rings. The second kappa shape index (κ2) is 5.69. The van der Waals surface area contributed by atoms with Gasteiger partial charge in [0.15, 0.2) is 0 Å². The molecule has 3 heteroatoms. The van der Waals surface area contributed by atoms with E-state index in [9.17, 15) is 0 Å². The lowest BCUT2D eigenvalue weighted by atomic mass is 9.84. The Hall–Kier alpha value is -0.120. The molecule has 3 nitrogen and oxygen atoms in total. The van der Waals surface area contributed by atoms with Crippen LogP contribution in [0.5, 0.6) is 0 Å². The predicted molar refractivity (Wildman–Crippen MR) is 57.3 cm³/mol. The van der Waals surface area contributed by atoms with Gasteiger partial charge in [0.25, 0.3) is 0 Å². The van der Waals surface area contributed by atoms with Crippen LogP contribution in [0, 0.1) is 5.41 Å². The third-order valence-electron chi connectivity index (χ3n) is 3.27. The smallest absolute Gasteiger partial charge is 0.0536 e. The molecule has 14 heavy (non-hydrogen) atoms. The summed E-state index contributed by atoms with van der Waals surface area (Å²) in [5, 5.41) is 12.5. The largest absolute Gasteiger partial charge is 0.396 e. The minimum absolute atomic E-state index is 0.193. The Morgan fingerprint density at radius 1 is 1.57 bits per heavy atom. The lowest BCUT2D eigenvalue weighted by molar-refractivity contribution is 0.122. The van der Waals surface area contributed by atoms with Crippen LogP contribution in [-0.2, 0) is 4.74 Å². The fourth-order valence-electron chi connectivity index (χ4n) is 1.85. The first kappa shape index (κ1) is 12.0. The van der Waals surface area contributed by atoms with Gasteiger partial charge < -0.3 is 15.2 Å². The first-order valence-corrected chi connectivity index (χ1v) is 5.64. The Bertz CT molecular complexity index is 155. The monoisotopic (exact) mass is 201 g/mol. The Morgan fingerprint density at radius 2 is 2.36 bits per heavy atom. The number of hydrogen-bond donors (Lipinski definition) is 2. The minimum Gasteiger partial charge on any atom is -0.396 e. The molecule has 0 aliphatic carbocycles. The first-order valence-electron chi connectivity index (χ1n) is 5.64. The minimum atomic E-state index is 0.193. The number of nitrogens with one attached hydrogen (secondary N) is 1. The fourth-order valence-corrected chi connectivity index (χ4v) is 1.85. The summed E-state index contributed by atoms with van der Waals surface area (Å²) in [5.74, 6) is 0. The van der Waals surface area contributed by atoms with E-state index in [4.69, 9.17) is 9.84 Å². The highest BCUT2D eigenvalue weighted by Crippen LogP contribution is 2.31. The van der Waals surface area contributed by atoms with Crippen LogP contribution in [-0.4, -0.2) is 37.5 Å². The Balaban J connectivity index is 2.35. The number of rotatable bonds is 6. The van der Waals surface area contributed by atoms with Crippen molar-refractivity contribution in [1.29, 1.82) is 0 Å². The molecule has 0 aromatic rings. The molecule has 0 aromatic heterocycles. The van der Waals surface area contributed by atoms with Crippen molar-refractivity contribution in [3.8, 4) is 0 Å². The molecule has 0 radical (unpaired) electrons. The van der Waals surface area contributed by atoms with Crippen molar-refractivity contribution in [2.24, 2.45) is 5.41 Å². The van der Waals surface area contributed by atoms with E-state index >= 15 is 0 Å². The van der Waals surface area contributed by atoms with Crippen LogP contribution >= 0.6 is 0 Å². The van der Waals surface area contributed by atoms with Gasteiger partial charge in [0.2, 0.25) is 0 Å². The average Bonchev–Trinajstić information content (AvgIpc) is 2.64. The van der Waals surface area contributed by atoms with Gasteiger partial charge in [0.05, 0.1) is 6.61 Å². The molecule has 1 heterocycles. The van der Waals surface area contributed by atoms with E-state index in [1.165, 1.54) is 0 Å². The zero-order valence-corrected chi connectivity index (χ0v) is 9.38. The molecule has 1 aliphatic heterocycles. The van der Waals surface area contributed by atoms with E-state index in [2.05, 4.69) is 19.2 Å². The molecule has 2 atom stereocenters. The van der Waals surface area contributed by atoms with E-state index in [-0.39, 0.29) is 12.0 Å². The summed E-state index contributed by atoms with van der Waals surface area (Å²) >= 11 is 0. The van der Waals surface area contributed by atoms with Crippen LogP contribution in [0.15, 0.2) is 0 Å². The van der Waals surface area contributed by atoms with Gasteiger partial charge in [0, 0.05) is 31.2 Å². The molecule has 0 bridgehead atoms. The van der Waals surface area contributed by atoms with Crippen molar-refractivity contribution in [3.63, 3.8) is 0 Å². The number of aliphatic hydroxyl groups is 1. The Labute approximate surface area is 86.8 Å². The van der Waals surface area contributed by atoms with E-state index in [0.29, 0.717) is 6.04 Å².